The molecule has 0 amide bonds. The number of hydrogen-bond donors (Lipinski definition) is 3. The van der Waals surface area contributed by atoms with Crippen LogP contribution >= 0.6 is 22.9 Å². The van der Waals surface area contributed by atoms with E-state index in [1.807, 2.05) is 0 Å². The Hall–Kier alpha value is -1.89. The number of hydrogen-bond acceptors (Lipinski definition) is 7. The number of alkyl halides is 3. The van der Waals surface area contributed by atoms with Gasteiger partial charge in [0, 0.05) is 24.2 Å². The normalized spacial score (nSPS) is 19.1. The van der Waals surface area contributed by atoms with Crippen molar-refractivity contribution >= 4 is 44.4 Å². The number of rotatable bonds is 5. The van der Waals surface area contributed by atoms with E-state index < -0.39 is 22.0 Å². The van der Waals surface area contributed by atoms with Crippen LogP contribution < -0.4 is 10.6 Å². The number of aliphatic carboxylic acids is 1. The predicted octanol–water partition coefficient (Wildman–Crippen LogP) is 3.42. The van der Waals surface area contributed by atoms with E-state index in [4.69, 9.17) is 21.5 Å². The van der Waals surface area contributed by atoms with Crippen molar-refractivity contribution in [1.82, 2.24) is 10.3 Å². The highest BCUT2D eigenvalue weighted by molar-refractivity contribution is 7.90. The standard InChI is InChI=1S/C15H18ClN3O2S2.C2HF3O2/c1-10-7-17-8-14(10)19-13-3-2-11(6-12(13)16)23(20,21)9-15-18-4-5-22-15;3-2(4,5)1(6)7/h2-6,10,14,17,19H,7-9H2,1H3;(H,6,7)/t10-,14+;/m1./s1. The van der Waals surface area contributed by atoms with Crippen LogP contribution in [0, 0.1) is 5.92 Å². The van der Waals surface area contributed by atoms with Crippen molar-refractivity contribution in [3.05, 3.63) is 39.8 Å². The SMILES string of the molecule is C[C@@H]1CNC[C@@H]1Nc1ccc(S(=O)(=O)Cc2nccs2)cc1Cl.O=C(O)C(F)(F)F. The van der Waals surface area contributed by atoms with Gasteiger partial charge < -0.3 is 15.7 Å². The monoisotopic (exact) mass is 485 g/mol. The Labute approximate surface area is 180 Å². The summed E-state index contributed by atoms with van der Waals surface area (Å²) >= 11 is 7.61. The lowest BCUT2D eigenvalue weighted by molar-refractivity contribution is -0.192. The van der Waals surface area contributed by atoms with Crippen molar-refractivity contribution in [2.45, 2.75) is 29.8 Å². The fraction of sp³-hybridized carbons (Fsp3) is 0.412. The first-order chi connectivity index (χ1) is 13.9. The van der Waals surface area contributed by atoms with E-state index in [-0.39, 0.29) is 10.6 Å². The van der Waals surface area contributed by atoms with Gasteiger partial charge in [0.05, 0.1) is 15.6 Å². The maximum absolute atomic E-state index is 12.4. The van der Waals surface area contributed by atoms with Crippen LogP contribution in [-0.4, -0.2) is 49.8 Å². The summed E-state index contributed by atoms with van der Waals surface area (Å²) in [6.07, 6.45) is -3.48. The highest BCUT2D eigenvalue weighted by atomic mass is 35.5. The molecule has 2 aromatic rings. The van der Waals surface area contributed by atoms with E-state index in [1.165, 1.54) is 17.4 Å². The maximum Gasteiger partial charge on any atom is 0.490 e. The highest BCUT2D eigenvalue weighted by Crippen LogP contribution is 2.29. The maximum atomic E-state index is 12.4. The molecule has 0 radical (unpaired) electrons. The van der Waals surface area contributed by atoms with Gasteiger partial charge in [-0.3, -0.25) is 0 Å². The zero-order valence-corrected chi connectivity index (χ0v) is 18.0. The Morgan fingerprint density at radius 1 is 1.40 bits per heavy atom. The van der Waals surface area contributed by atoms with Gasteiger partial charge in [-0.15, -0.1) is 11.3 Å². The summed E-state index contributed by atoms with van der Waals surface area (Å²) in [7, 11) is -3.44. The first-order valence-corrected chi connectivity index (χ1v) is 11.5. The second kappa shape index (κ2) is 9.94. The van der Waals surface area contributed by atoms with E-state index >= 15 is 0 Å². The molecule has 0 aliphatic carbocycles. The van der Waals surface area contributed by atoms with E-state index in [1.54, 1.807) is 23.7 Å². The summed E-state index contributed by atoms with van der Waals surface area (Å²) in [5.41, 5.74) is 0.764. The number of sulfone groups is 1. The molecule has 2 heterocycles. The number of aromatic nitrogens is 1. The topological polar surface area (TPSA) is 108 Å². The zero-order valence-electron chi connectivity index (χ0n) is 15.6. The fourth-order valence-corrected chi connectivity index (χ4v) is 5.16. The van der Waals surface area contributed by atoms with Gasteiger partial charge in [-0.25, -0.2) is 18.2 Å². The summed E-state index contributed by atoms with van der Waals surface area (Å²) in [5.74, 6) is -2.36. The number of anilines is 1. The third-order valence-corrected chi connectivity index (χ3v) is 7.10. The number of thiazole rings is 1. The molecule has 3 N–H and O–H groups in total. The van der Waals surface area contributed by atoms with Crippen LogP contribution in [0.3, 0.4) is 0 Å². The highest BCUT2D eigenvalue weighted by Gasteiger charge is 2.38. The average molecular weight is 486 g/mol. The Morgan fingerprint density at radius 2 is 2.07 bits per heavy atom. The number of halogens is 4. The fourth-order valence-electron chi connectivity index (χ4n) is 2.58. The lowest BCUT2D eigenvalue weighted by atomic mass is 10.1. The molecule has 1 aromatic carbocycles. The molecule has 30 heavy (non-hydrogen) atoms. The Kier molecular flexibility index (Phi) is 8.08. The minimum Gasteiger partial charge on any atom is -0.475 e. The minimum absolute atomic E-state index is 0.0999. The van der Waals surface area contributed by atoms with Gasteiger partial charge in [0.15, 0.2) is 9.84 Å². The number of carboxylic acid groups (broad SMARTS) is 1. The molecule has 0 bridgehead atoms. The van der Waals surface area contributed by atoms with Crippen molar-refractivity contribution in [2.75, 3.05) is 18.4 Å². The van der Waals surface area contributed by atoms with Crippen LogP contribution in [0.25, 0.3) is 0 Å². The summed E-state index contributed by atoms with van der Waals surface area (Å²) in [6, 6.07) is 5.15. The zero-order chi connectivity index (χ0) is 22.5. The minimum atomic E-state index is -5.08. The first-order valence-electron chi connectivity index (χ1n) is 8.58. The van der Waals surface area contributed by atoms with Crippen LogP contribution in [0.1, 0.15) is 11.9 Å². The van der Waals surface area contributed by atoms with Gasteiger partial charge in [0.25, 0.3) is 0 Å². The molecule has 0 saturated carbocycles. The van der Waals surface area contributed by atoms with Gasteiger partial charge in [-0.05, 0) is 30.7 Å². The van der Waals surface area contributed by atoms with Gasteiger partial charge in [0.1, 0.15) is 10.8 Å². The van der Waals surface area contributed by atoms with Gasteiger partial charge in [0.2, 0.25) is 0 Å². The molecule has 13 heteroatoms. The molecule has 1 aromatic heterocycles. The van der Waals surface area contributed by atoms with E-state index in [9.17, 15) is 21.6 Å². The molecule has 7 nitrogen and oxygen atoms in total. The molecule has 0 spiro atoms. The summed E-state index contributed by atoms with van der Waals surface area (Å²) < 4.78 is 56.6. The summed E-state index contributed by atoms with van der Waals surface area (Å²) in [5, 5.41) is 16.6. The first kappa shape index (κ1) is 24.4. The van der Waals surface area contributed by atoms with E-state index in [2.05, 4.69) is 22.5 Å². The van der Waals surface area contributed by atoms with Gasteiger partial charge >= 0.3 is 12.1 Å². The van der Waals surface area contributed by atoms with Crippen LogP contribution in [-0.2, 0) is 20.4 Å². The second-order valence-corrected chi connectivity index (χ2v) is 9.89. The van der Waals surface area contributed by atoms with E-state index in [0.717, 1.165) is 18.8 Å². The average Bonchev–Trinajstić information content (AvgIpc) is 3.28. The molecule has 1 saturated heterocycles. The smallest absolute Gasteiger partial charge is 0.475 e. The molecule has 1 fully saturated rings. The number of carboxylic acids is 1. The lowest BCUT2D eigenvalue weighted by Crippen LogP contribution is -2.26. The van der Waals surface area contributed by atoms with Crippen molar-refractivity contribution < 1.29 is 31.5 Å². The predicted molar refractivity (Wildman–Crippen MR) is 108 cm³/mol. The molecule has 166 valence electrons. The van der Waals surface area contributed by atoms with Crippen LogP contribution in [0.2, 0.25) is 5.02 Å². The third kappa shape index (κ3) is 6.83. The van der Waals surface area contributed by atoms with Crippen molar-refractivity contribution in [3.63, 3.8) is 0 Å². The number of nitrogens with zero attached hydrogens (tertiary/aromatic N) is 1. The Bertz CT molecular complexity index is 969. The molecule has 0 unspecified atom stereocenters. The molecule has 2 atom stereocenters. The second-order valence-electron chi connectivity index (χ2n) is 6.52. The Balaban J connectivity index is 0.000000396. The number of benzene rings is 1. The molecule has 3 rings (SSSR count). The van der Waals surface area contributed by atoms with Crippen LogP contribution in [0.15, 0.2) is 34.7 Å². The van der Waals surface area contributed by atoms with Crippen molar-refractivity contribution in [2.24, 2.45) is 5.92 Å². The molecular formula is C17H19ClF3N3O4S2. The summed E-state index contributed by atoms with van der Waals surface area (Å²) in [4.78, 5) is 13.1. The van der Waals surface area contributed by atoms with Crippen LogP contribution in [0.5, 0.6) is 0 Å². The Morgan fingerprint density at radius 3 is 2.53 bits per heavy atom. The van der Waals surface area contributed by atoms with Crippen molar-refractivity contribution in [1.29, 1.82) is 0 Å². The summed E-state index contributed by atoms with van der Waals surface area (Å²) in [6.45, 7) is 4.01. The van der Waals surface area contributed by atoms with Crippen molar-refractivity contribution in [3.8, 4) is 0 Å². The number of carbonyl (C=O) groups is 1. The quantitative estimate of drug-likeness (QED) is 0.595. The molecule has 1 aliphatic rings. The molecule has 1 aliphatic heterocycles. The van der Waals surface area contributed by atoms with E-state index in [0.29, 0.717) is 22.0 Å². The number of nitrogens with one attached hydrogen (secondary N) is 2. The van der Waals surface area contributed by atoms with Gasteiger partial charge in [-0.1, -0.05) is 18.5 Å². The lowest BCUT2D eigenvalue weighted by Gasteiger charge is -2.19. The van der Waals surface area contributed by atoms with Crippen LogP contribution in [0.4, 0.5) is 18.9 Å². The molecular weight excluding hydrogens is 467 g/mol. The largest absolute Gasteiger partial charge is 0.490 e. The third-order valence-electron chi connectivity index (χ3n) is 4.20. The van der Waals surface area contributed by atoms with Gasteiger partial charge in [-0.2, -0.15) is 13.2 Å².